The highest BCUT2D eigenvalue weighted by Gasteiger charge is 2.24. The fourth-order valence-electron chi connectivity index (χ4n) is 2.08. The normalized spacial score (nSPS) is 21.9. The van der Waals surface area contributed by atoms with Crippen molar-refractivity contribution in [3.8, 4) is 0 Å². The monoisotopic (exact) mass is 197 g/mol. The molecular formula is C10H21N4+. The minimum absolute atomic E-state index is 0.425. The molecule has 1 rings (SSSR count). The van der Waals surface area contributed by atoms with Gasteiger partial charge in [-0.1, -0.05) is 0 Å². The van der Waals surface area contributed by atoms with Crippen LogP contribution >= 0.6 is 0 Å². The first-order chi connectivity index (χ1) is 6.52. The Labute approximate surface area is 85.9 Å². The second-order valence-corrected chi connectivity index (χ2v) is 4.13. The first-order valence-electron chi connectivity index (χ1n) is 5.14. The zero-order valence-electron chi connectivity index (χ0n) is 9.38. The number of nitrogens with two attached hydrogens (primary N) is 1. The molecule has 1 heterocycles. The lowest BCUT2D eigenvalue weighted by molar-refractivity contribution is -0.464. The summed E-state index contributed by atoms with van der Waals surface area (Å²) in [5, 5.41) is 7.68. The molecule has 1 aliphatic heterocycles. The Hall–Kier alpha value is -0.900. The van der Waals surface area contributed by atoms with Crippen LogP contribution in [-0.2, 0) is 0 Å². The fourth-order valence-corrected chi connectivity index (χ4v) is 2.08. The number of hydrogen-bond acceptors (Lipinski definition) is 2. The second-order valence-electron chi connectivity index (χ2n) is 4.13. The molecule has 0 radical (unpaired) electrons. The maximum Gasteiger partial charge on any atom is 0.226 e. The van der Waals surface area contributed by atoms with Crippen molar-refractivity contribution in [1.82, 2.24) is 4.90 Å². The van der Waals surface area contributed by atoms with E-state index in [0.717, 1.165) is 31.8 Å². The van der Waals surface area contributed by atoms with Gasteiger partial charge in [0.05, 0.1) is 6.04 Å². The van der Waals surface area contributed by atoms with Gasteiger partial charge < -0.3 is 10.6 Å². The zero-order valence-corrected chi connectivity index (χ0v) is 9.38. The summed E-state index contributed by atoms with van der Waals surface area (Å²) in [4.78, 5) is 2.32. The number of rotatable bonds is 1. The van der Waals surface area contributed by atoms with Crippen LogP contribution in [0.4, 0.5) is 0 Å². The van der Waals surface area contributed by atoms with E-state index in [0.29, 0.717) is 11.9 Å². The number of likely N-dealkylation sites (tertiary alicyclic amines) is 1. The van der Waals surface area contributed by atoms with Crippen molar-refractivity contribution < 1.29 is 4.58 Å². The topological polar surface area (TPSA) is 56.1 Å². The first-order valence-corrected chi connectivity index (χ1v) is 5.14. The van der Waals surface area contributed by atoms with Gasteiger partial charge in [-0.05, 0) is 19.9 Å². The first kappa shape index (κ1) is 11.2. The van der Waals surface area contributed by atoms with E-state index in [1.54, 1.807) is 6.92 Å². The van der Waals surface area contributed by atoms with Crippen LogP contribution in [0.3, 0.4) is 0 Å². The molecule has 0 amide bonds. The predicted molar refractivity (Wildman–Crippen MR) is 59.0 cm³/mol. The van der Waals surface area contributed by atoms with Crippen LogP contribution in [0.2, 0.25) is 0 Å². The van der Waals surface area contributed by atoms with Crippen LogP contribution in [0.15, 0.2) is 0 Å². The van der Waals surface area contributed by atoms with E-state index in [9.17, 15) is 0 Å². The second kappa shape index (κ2) is 4.55. The van der Waals surface area contributed by atoms with E-state index in [1.165, 1.54) is 0 Å². The number of amidine groups is 2. The highest BCUT2D eigenvalue weighted by molar-refractivity contribution is 5.80. The van der Waals surface area contributed by atoms with E-state index in [-0.39, 0.29) is 0 Å². The molecule has 1 aliphatic rings. The third kappa shape index (κ3) is 2.54. The highest BCUT2D eigenvalue weighted by atomic mass is 15.2. The van der Waals surface area contributed by atoms with Gasteiger partial charge in [0, 0.05) is 26.9 Å². The molecule has 0 unspecified atom stereocenters. The summed E-state index contributed by atoms with van der Waals surface area (Å²) >= 11 is 0. The molecule has 4 heteroatoms. The van der Waals surface area contributed by atoms with Crippen LogP contribution in [0.5, 0.6) is 0 Å². The molecule has 0 bridgehead atoms. The Morgan fingerprint density at radius 1 is 1.36 bits per heavy atom. The smallest absolute Gasteiger partial charge is 0.226 e. The molecule has 0 saturated carbocycles. The van der Waals surface area contributed by atoms with Gasteiger partial charge in [-0.15, -0.1) is 0 Å². The maximum absolute atomic E-state index is 7.68. The van der Waals surface area contributed by atoms with Crippen LogP contribution in [0.25, 0.3) is 0 Å². The third-order valence-electron chi connectivity index (χ3n) is 2.79. The van der Waals surface area contributed by atoms with Crippen LogP contribution in [-0.4, -0.2) is 47.3 Å². The third-order valence-corrected chi connectivity index (χ3v) is 2.79. The van der Waals surface area contributed by atoms with Crippen LogP contribution in [0.1, 0.15) is 26.7 Å². The number of nitrogens with zero attached hydrogens (tertiary/aromatic N) is 2. The molecule has 0 aromatic heterocycles. The number of hydrogen-bond donors (Lipinski definition) is 2. The SMILES string of the molecule is CC(=N)[N+](=C(C)N)C1CCN(C)CC1. The lowest BCUT2D eigenvalue weighted by Crippen LogP contribution is -2.44. The van der Waals surface area contributed by atoms with Gasteiger partial charge in [0.1, 0.15) is 0 Å². The largest absolute Gasteiger partial charge is 0.322 e. The van der Waals surface area contributed by atoms with Crippen molar-refractivity contribution in [2.45, 2.75) is 32.7 Å². The zero-order chi connectivity index (χ0) is 10.7. The van der Waals surface area contributed by atoms with Crippen molar-refractivity contribution >= 4 is 11.7 Å². The number of nitrogens with one attached hydrogen (secondary N) is 1. The molecule has 3 N–H and O–H groups in total. The molecule has 0 spiro atoms. The molecule has 1 fully saturated rings. The van der Waals surface area contributed by atoms with Crippen molar-refractivity contribution in [2.24, 2.45) is 5.73 Å². The molecule has 4 nitrogen and oxygen atoms in total. The Kier molecular flexibility index (Phi) is 3.63. The maximum atomic E-state index is 7.68. The highest BCUT2D eigenvalue weighted by Crippen LogP contribution is 2.12. The van der Waals surface area contributed by atoms with E-state index in [1.807, 2.05) is 11.5 Å². The predicted octanol–water partition coefficient (Wildman–Crippen LogP) is 0.467. The van der Waals surface area contributed by atoms with Gasteiger partial charge in [0.15, 0.2) is 5.84 Å². The molecule has 80 valence electrons. The molecule has 0 aromatic carbocycles. The van der Waals surface area contributed by atoms with E-state index in [4.69, 9.17) is 11.1 Å². The fraction of sp³-hybridized carbons (Fsp3) is 0.800. The summed E-state index contributed by atoms with van der Waals surface area (Å²) in [5.74, 6) is 1.30. The molecule has 1 saturated heterocycles. The molecular weight excluding hydrogens is 176 g/mol. The van der Waals surface area contributed by atoms with Gasteiger partial charge in [-0.2, -0.15) is 5.41 Å². The van der Waals surface area contributed by atoms with Gasteiger partial charge in [-0.25, -0.2) is 4.58 Å². The average Bonchev–Trinajstić information content (AvgIpc) is 2.07. The minimum Gasteiger partial charge on any atom is -0.322 e. The Bertz CT molecular complexity index is 245. The lowest BCUT2D eigenvalue weighted by Gasteiger charge is -2.29. The van der Waals surface area contributed by atoms with E-state index in [2.05, 4.69) is 11.9 Å². The molecule has 14 heavy (non-hydrogen) atoms. The summed E-state index contributed by atoms with van der Waals surface area (Å²) in [6, 6.07) is 0.425. The average molecular weight is 197 g/mol. The summed E-state index contributed by atoms with van der Waals surface area (Å²) in [6.07, 6.45) is 2.20. The number of piperidine rings is 1. The standard InChI is InChI=1S/C10H20N4/c1-8(11)14(9(2)12)10-4-6-13(3)7-5-10/h10-12H,4-7H2,1-3H3/p+1. The Morgan fingerprint density at radius 2 is 1.86 bits per heavy atom. The van der Waals surface area contributed by atoms with Crippen molar-refractivity contribution in [3.63, 3.8) is 0 Å². The Balaban J connectivity index is 2.72. The summed E-state index contributed by atoms with van der Waals surface area (Å²) < 4.78 is 1.95. The van der Waals surface area contributed by atoms with Gasteiger partial charge in [0.2, 0.25) is 5.84 Å². The summed E-state index contributed by atoms with van der Waals surface area (Å²) in [7, 11) is 2.14. The van der Waals surface area contributed by atoms with Crippen molar-refractivity contribution in [3.05, 3.63) is 0 Å². The van der Waals surface area contributed by atoms with Crippen LogP contribution in [0, 0.1) is 5.41 Å². The van der Waals surface area contributed by atoms with Crippen LogP contribution < -0.4 is 5.73 Å². The van der Waals surface area contributed by atoms with Crippen molar-refractivity contribution in [2.75, 3.05) is 20.1 Å². The summed E-state index contributed by atoms with van der Waals surface area (Å²) in [5.41, 5.74) is 5.79. The van der Waals surface area contributed by atoms with Gasteiger partial charge in [0.25, 0.3) is 0 Å². The minimum atomic E-state index is 0.425. The molecule has 0 atom stereocenters. The Morgan fingerprint density at radius 3 is 2.21 bits per heavy atom. The van der Waals surface area contributed by atoms with E-state index >= 15 is 0 Å². The molecule has 0 aliphatic carbocycles. The molecule has 0 aromatic rings. The summed E-state index contributed by atoms with van der Waals surface area (Å²) in [6.45, 7) is 5.87. The lowest BCUT2D eigenvalue weighted by atomic mass is 10.0. The van der Waals surface area contributed by atoms with E-state index < -0.39 is 0 Å². The van der Waals surface area contributed by atoms with Gasteiger partial charge >= 0.3 is 0 Å². The van der Waals surface area contributed by atoms with Gasteiger partial charge in [-0.3, -0.25) is 0 Å². The quantitative estimate of drug-likeness (QED) is 0.365. The van der Waals surface area contributed by atoms with Crippen molar-refractivity contribution in [1.29, 1.82) is 5.41 Å².